The van der Waals surface area contributed by atoms with Gasteiger partial charge in [-0.1, -0.05) is 12.2 Å². The number of thiocarbonyl (C=S) groups is 1. The molecule has 0 heterocycles. The molecule has 0 aromatic heterocycles. The molecule has 0 N–H and O–H groups in total. The zero-order valence-corrected chi connectivity index (χ0v) is 4.36. The van der Waals surface area contributed by atoms with Crippen LogP contribution in [0.2, 0.25) is 0 Å². The van der Waals surface area contributed by atoms with Gasteiger partial charge in [-0.25, -0.2) is 10.4 Å². The Kier molecular flexibility index (Phi) is 2.46. The minimum Gasteiger partial charge on any atom is -0.453 e. The molecule has 0 amide bonds. The van der Waals surface area contributed by atoms with Crippen molar-refractivity contribution in [1.82, 2.24) is 0 Å². The second-order valence-electron chi connectivity index (χ2n) is 0.537. The first-order valence-electron chi connectivity index (χ1n) is 0.983. The molecule has 0 saturated heterocycles. The highest BCUT2D eigenvalue weighted by molar-refractivity contribution is 7.95. The highest BCUT2D eigenvalue weighted by Crippen LogP contribution is 1.42. The Hall–Kier alpha value is 0.150. The number of hydrogen-bond acceptors (Lipinski definition) is 3. The van der Waals surface area contributed by atoms with Gasteiger partial charge in [0.25, 0.3) is 0 Å². The van der Waals surface area contributed by atoms with Crippen LogP contribution >= 0.6 is 12.2 Å². The van der Waals surface area contributed by atoms with E-state index in [1.54, 1.807) is 0 Å². The van der Waals surface area contributed by atoms with Gasteiger partial charge in [0.15, 0.2) is 0 Å². The summed E-state index contributed by atoms with van der Waals surface area (Å²) >= 11 is 4.13. The fourth-order valence-corrected chi connectivity index (χ4v) is 0. The zero-order chi connectivity index (χ0) is 4.28. The molecule has 0 spiro atoms. The van der Waals surface area contributed by atoms with Crippen LogP contribution in [0.4, 0.5) is 0 Å². The van der Waals surface area contributed by atoms with Crippen LogP contribution in [0.5, 0.6) is 0 Å². The third kappa shape index (κ3) is 4.15. The van der Waals surface area contributed by atoms with Gasteiger partial charge in [-0.2, -0.15) is 4.31 Å². The predicted molar refractivity (Wildman–Crippen MR) is 26.6 cm³/mol. The average Bonchev–Trinajstić information content (AvgIpc) is 1.38. The monoisotopic (exact) mass is 107 g/mol. The van der Waals surface area contributed by atoms with Gasteiger partial charge >= 0.3 is 0 Å². The van der Waals surface area contributed by atoms with Gasteiger partial charge in [0.1, 0.15) is 0 Å². The first-order chi connectivity index (χ1) is 2.27. The maximum Gasteiger partial charge on any atom is -0.0571 e. The predicted octanol–water partition coefficient (Wildman–Crippen LogP) is 0.414. The Balaban J connectivity index is 4.22. The van der Waals surface area contributed by atoms with Crippen LogP contribution in [0.1, 0.15) is 0 Å². The second kappa shape index (κ2) is 2.39. The second-order valence-corrected chi connectivity index (χ2v) is 2.11. The molecule has 3 heteroatoms. The van der Waals surface area contributed by atoms with E-state index in [1.807, 2.05) is 0 Å². The molecule has 0 unspecified atom stereocenters. The van der Waals surface area contributed by atoms with Crippen molar-refractivity contribution in [2.24, 2.45) is 0 Å². The summed E-state index contributed by atoms with van der Waals surface area (Å²) in [7, 11) is -1.01. The van der Waals surface area contributed by atoms with Crippen molar-refractivity contribution in [2.45, 2.75) is 0 Å². The highest BCUT2D eigenvalue weighted by Gasteiger charge is 1.27. The maximum atomic E-state index is 9.71. The topological polar surface area (TPSA) is 17.1 Å². The lowest BCUT2D eigenvalue weighted by atomic mass is 11.9. The van der Waals surface area contributed by atoms with Crippen molar-refractivity contribution in [1.29, 1.82) is 0 Å². The molecule has 0 aliphatic rings. The van der Waals surface area contributed by atoms with Crippen LogP contribution in [-0.4, -0.2) is 10.6 Å². The molecule has 0 atom stereocenters. The summed E-state index contributed by atoms with van der Waals surface area (Å²) in [6, 6.07) is 0. The van der Waals surface area contributed by atoms with Crippen LogP contribution in [0.25, 0.3) is 0 Å². The molecule has 1 nitrogen and oxygen atoms in total. The van der Waals surface area contributed by atoms with E-state index < -0.39 is 10.4 Å². The largest absolute Gasteiger partial charge is 0.453 e. The summed E-state index contributed by atoms with van der Waals surface area (Å²) in [5, 5.41) is 0. The Morgan fingerprint density at radius 2 is 2.20 bits per heavy atom. The van der Waals surface area contributed by atoms with E-state index in [2.05, 4.69) is 16.5 Å². The minimum absolute atomic E-state index is 1.01. The van der Waals surface area contributed by atoms with E-state index in [4.69, 9.17) is 0 Å². The van der Waals surface area contributed by atoms with Gasteiger partial charge in [0.05, 0.1) is 0 Å². The van der Waals surface area contributed by atoms with E-state index in [0.29, 0.717) is 0 Å². The fraction of sp³-hybridized carbons (Fsp3) is 0.500. The standard InChI is InChI=1S/C2H3OS2/c1-5(3)2-4/h1H3/q-1. The molecule has 0 aromatic carbocycles. The Bertz CT molecular complexity index is 105. The van der Waals surface area contributed by atoms with Gasteiger partial charge in [0.2, 0.25) is 0 Å². The van der Waals surface area contributed by atoms with E-state index in [-0.39, 0.29) is 0 Å². The lowest BCUT2D eigenvalue weighted by molar-refractivity contribution is 0.606. The fourth-order valence-electron chi connectivity index (χ4n) is 0. The molecule has 30 valence electrons. The third-order valence-corrected chi connectivity index (χ3v) is 1.06. The van der Waals surface area contributed by atoms with Gasteiger partial charge in [-0.15, -0.1) is 6.26 Å². The minimum atomic E-state index is -1.01. The van der Waals surface area contributed by atoms with Gasteiger partial charge < -0.3 is 4.21 Å². The average molecular weight is 107 g/mol. The molecule has 0 fully saturated rings. The smallest absolute Gasteiger partial charge is 0.0571 e. The molecular weight excluding hydrogens is 104 g/mol. The summed E-state index contributed by atoms with van der Waals surface area (Å²) in [5.74, 6) is 0. The van der Waals surface area contributed by atoms with Crippen molar-refractivity contribution in [3.63, 3.8) is 0 Å². The zero-order valence-electron chi connectivity index (χ0n) is 2.72. The number of rotatable bonds is 0. The summed E-state index contributed by atoms with van der Waals surface area (Å²) in [4.78, 5) is 0. The van der Waals surface area contributed by atoms with E-state index in [1.165, 1.54) is 6.26 Å². The molecule has 0 aliphatic heterocycles. The van der Waals surface area contributed by atoms with Crippen LogP contribution < -0.4 is 0 Å². The molecule has 0 saturated carbocycles. The Labute approximate surface area is 38.0 Å². The van der Waals surface area contributed by atoms with E-state index in [0.717, 1.165) is 0 Å². The van der Waals surface area contributed by atoms with Gasteiger partial charge in [0, 0.05) is 0 Å². The van der Waals surface area contributed by atoms with Crippen molar-refractivity contribution >= 4 is 26.9 Å². The Morgan fingerprint density at radius 1 is 2.00 bits per heavy atom. The molecular formula is C2H3OS2-. The van der Waals surface area contributed by atoms with Crippen LogP contribution in [-0.2, 0) is 14.6 Å². The van der Waals surface area contributed by atoms with E-state index in [9.17, 15) is 4.21 Å². The number of hydrogen-bond donors (Lipinski definition) is 0. The van der Waals surface area contributed by atoms with Crippen molar-refractivity contribution in [2.75, 3.05) is 6.26 Å². The molecule has 0 rings (SSSR count). The molecule has 0 aliphatic carbocycles. The summed E-state index contributed by atoms with van der Waals surface area (Å²) in [5.41, 5.74) is 0. The third-order valence-electron chi connectivity index (χ3n) is 0.117. The lowest BCUT2D eigenvalue weighted by Gasteiger charge is -1.68. The van der Waals surface area contributed by atoms with Crippen LogP contribution in [0.15, 0.2) is 0 Å². The summed E-state index contributed by atoms with van der Waals surface area (Å²) < 4.78 is 11.8. The summed E-state index contributed by atoms with van der Waals surface area (Å²) in [6.45, 7) is 0. The molecule has 5 heavy (non-hydrogen) atoms. The first kappa shape index (κ1) is 5.15. The first-order valence-corrected chi connectivity index (χ1v) is 2.95. The van der Waals surface area contributed by atoms with Gasteiger partial charge in [-0.05, 0) is 0 Å². The highest BCUT2D eigenvalue weighted by atomic mass is 32.2. The van der Waals surface area contributed by atoms with Crippen molar-refractivity contribution in [3.05, 3.63) is 0 Å². The molecule has 0 radical (unpaired) electrons. The summed E-state index contributed by atoms with van der Waals surface area (Å²) in [6.07, 6.45) is 1.48. The molecule has 0 bridgehead atoms. The van der Waals surface area contributed by atoms with Crippen molar-refractivity contribution in [3.8, 4) is 0 Å². The van der Waals surface area contributed by atoms with Crippen molar-refractivity contribution < 1.29 is 4.21 Å². The Morgan fingerprint density at radius 3 is 2.20 bits per heavy atom. The maximum absolute atomic E-state index is 9.71. The SMILES string of the molecule is C[S-](=O)=C=S. The van der Waals surface area contributed by atoms with Crippen LogP contribution in [0.3, 0.4) is 0 Å². The normalized spacial score (nSPS) is 7.60. The molecule has 0 aromatic rings. The van der Waals surface area contributed by atoms with E-state index >= 15 is 0 Å². The quantitative estimate of drug-likeness (QED) is 0.329. The van der Waals surface area contributed by atoms with Crippen LogP contribution in [0, 0.1) is 0 Å². The van der Waals surface area contributed by atoms with Gasteiger partial charge in [-0.3, -0.25) is 0 Å². The lowest BCUT2D eigenvalue weighted by Crippen LogP contribution is -1.56.